The van der Waals surface area contributed by atoms with Crippen LogP contribution in [0.3, 0.4) is 0 Å². The molecular weight excluding hydrogens is 308 g/mol. The molecule has 24 heavy (non-hydrogen) atoms. The van der Waals surface area contributed by atoms with Gasteiger partial charge in [0.25, 0.3) is 0 Å². The highest BCUT2D eigenvalue weighted by Crippen LogP contribution is 2.49. The van der Waals surface area contributed by atoms with Crippen LogP contribution in [0.1, 0.15) is 51.5 Å². The molecule has 3 rings (SSSR count). The van der Waals surface area contributed by atoms with Crippen LogP contribution in [-0.2, 0) is 6.42 Å². The first kappa shape index (κ1) is 17.6. The maximum absolute atomic E-state index is 13.6. The lowest BCUT2D eigenvalue weighted by Gasteiger charge is -2.34. The summed E-state index contributed by atoms with van der Waals surface area (Å²) in [4.78, 5) is 0. The molecule has 2 heterocycles. The molecule has 2 fully saturated rings. The van der Waals surface area contributed by atoms with Gasteiger partial charge in [-0.3, -0.25) is 0 Å². The molecule has 0 aliphatic carbocycles. The predicted octanol–water partition coefficient (Wildman–Crippen LogP) is 4.28. The van der Waals surface area contributed by atoms with Crippen LogP contribution in [-0.4, -0.2) is 22.3 Å². The fraction of sp³-hybridized carbons (Fsp3) is 0.600. The molecule has 2 atom stereocenters. The van der Waals surface area contributed by atoms with Crippen molar-refractivity contribution in [2.75, 3.05) is 0 Å². The Morgan fingerprint density at radius 1 is 1.25 bits per heavy atom. The highest BCUT2D eigenvalue weighted by Gasteiger charge is 2.57. The van der Waals surface area contributed by atoms with E-state index in [9.17, 15) is 13.9 Å². The van der Waals surface area contributed by atoms with Crippen molar-refractivity contribution in [1.29, 1.82) is 0 Å². The second-order valence-corrected chi connectivity index (χ2v) is 7.64. The summed E-state index contributed by atoms with van der Waals surface area (Å²) in [7, 11) is 0. The Labute approximate surface area is 143 Å². The highest BCUT2D eigenvalue weighted by atomic mass is 19.1. The van der Waals surface area contributed by atoms with Crippen molar-refractivity contribution < 1.29 is 13.9 Å². The van der Waals surface area contributed by atoms with Crippen LogP contribution in [0.15, 0.2) is 36.2 Å². The van der Waals surface area contributed by atoms with Crippen LogP contribution in [0, 0.1) is 11.7 Å². The van der Waals surface area contributed by atoms with Crippen molar-refractivity contribution >= 4 is 0 Å². The van der Waals surface area contributed by atoms with Crippen molar-refractivity contribution in [3.63, 3.8) is 0 Å². The van der Waals surface area contributed by atoms with Gasteiger partial charge in [0, 0.05) is 17.0 Å². The third-order valence-electron chi connectivity index (χ3n) is 5.91. The average molecular weight is 335 g/mol. The van der Waals surface area contributed by atoms with Crippen LogP contribution in [0.4, 0.5) is 8.78 Å². The van der Waals surface area contributed by atoms with E-state index in [0.717, 1.165) is 37.7 Å². The summed E-state index contributed by atoms with van der Waals surface area (Å²) in [6, 6.07) is 6.67. The molecule has 1 aromatic carbocycles. The van der Waals surface area contributed by atoms with Gasteiger partial charge in [-0.15, -0.1) is 0 Å². The van der Waals surface area contributed by atoms with Gasteiger partial charge < -0.3 is 10.4 Å². The average Bonchev–Trinajstić information content (AvgIpc) is 3.13. The Balaban J connectivity index is 1.71. The van der Waals surface area contributed by atoms with Gasteiger partial charge in [0.1, 0.15) is 5.82 Å². The summed E-state index contributed by atoms with van der Waals surface area (Å²) in [6.07, 6.45) is 5.97. The second kappa shape index (κ2) is 6.57. The Hall–Kier alpha value is -1.26. The fourth-order valence-electron chi connectivity index (χ4n) is 4.53. The van der Waals surface area contributed by atoms with E-state index in [-0.39, 0.29) is 28.6 Å². The van der Waals surface area contributed by atoms with E-state index >= 15 is 0 Å². The van der Waals surface area contributed by atoms with Crippen LogP contribution in [0.5, 0.6) is 0 Å². The minimum Gasteiger partial charge on any atom is -0.391 e. The molecule has 2 unspecified atom stereocenters. The summed E-state index contributed by atoms with van der Waals surface area (Å²) in [5, 5.41) is 14.5. The third kappa shape index (κ3) is 3.27. The van der Waals surface area contributed by atoms with Gasteiger partial charge in [-0.25, -0.2) is 8.78 Å². The molecule has 2 N–H and O–H groups in total. The van der Waals surface area contributed by atoms with Gasteiger partial charge in [-0.05, 0) is 62.3 Å². The molecule has 0 radical (unpaired) electrons. The zero-order valence-corrected chi connectivity index (χ0v) is 14.5. The van der Waals surface area contributed by atoms with Crippen LogP contribution in [0.25, 0.3) is 0 Å². The number of fused-ring (bicyclic) bond motifs is 2. The molecule has 0 spiro atoms. The van der Waals surface area contributed by atoms with Crippen molar-refractivity contribution in [3.05, 3.63) is 47.5 Å². The van der Waals surface area contributed by atoms with Gasteiger partial charge in [0.2, 0.25) is 0 Å². The minimum absolute atomic E-state index is 0.0223. The van der Waals surface area contributed by atoms with E-state index in [1.165, 1.54) is 12.1 Å². The quantitative estimate of drug-likeness (QED) is 0.813. The lowest BCUT2D eigenvalue weighted by atomic mass is 9.75. The molecule has 2 bridgehead atoms. The Kier molecular flexibility index (Phi) is 4.80. The van der Waals surface area contributed by atoms with E-state index in [1.807, 2.05) is 19.1 Å². The number of allylic oxidation sites excluding steroid dienone is 1. The smallest absolute Gasteiger partial charge is 0.123 e. The Morgan fingerprint density at radius 3 is 2.46 bits per heavy atom. The van der Waals surface area contributed by atoms with E-state index < -0.39 is 6.10 Å². The number of halogens is 2. The molecule has 2 aliphatic rings. The van der Waals surface area contributed by atoms with Gasteiger partial charge in [0.15, 0.2) is 0 Å². The molecule has 0 saturated carbocycles. The molecular formula is C20H27F2NO. The van der Waals surface area contributed by atoms with Crippen molar-refractivity contribution in [2.24, 2.45) is 5.92 Å². The first-order chi connectivity index (χ1) is 11.4. The van der Waals surface area contributed by atoms with Gasteiger partial charge in [0.05, 0.1) is 11.9 Å². The lowest BCUT2D eigenvalue weighted by molar-refractivity contribution is 0.0443. The summed E-state index contributed by atoms with van der Waals surface area (Å²) < 4.78 is 26.7. The molecule has 0 aromatic heterocycles. The molecule has 1 aromatic rings. The van der Waals surface area contributed by atoms with E-state index in [2.05, 4.69) is 5.32 Å². The van der Waals surface area contributed by atoms with Crippen molar-refractivity contribution in [3.8, 4) is 0 Å². The zero-order valence-electron chi connectivity index (χ0n) is 14.5. The Morgan fingerprint density at radius 2 is 1.88 bits per heavy atom. The molecule has 2 aliphatic heterocycles. The number of aliphatic hydroxyl groups is 1. The number of benzene rings is 1. The number of hydrogen-bond donors (Lipinski definition) is 2. The first-order valence-electron chi connectivity index (χ1n) is 8.96. The SMILES string of the molecule is CC/C(F)=C\C(C)C(O)C12CCC(Cc3ccc(F)cc3)(CC1)N2. The highest BCUT2D eigenvalue weighted by molar-refractivity contribution is 5.25. The number of nitrogens with one attached hydrogen (secondary N) is 1. The Bertz CT molecular complexity index is 603. The second-order valence-electron chi connectivity index (χ2n) is 7.64. The summed E-state index contributed by atoms with van der Waals surface area (Å²) in [6.45, 7) is 3.66. The van der Waals surface area contributed by atoms with Gasteiger partial charge in [-0.1, -0.05) is 26.0 Å². The number of hydrogen-bond acceptors (Lipinski definition) is 2. The van der Waals surface area contributed by atoms with Gasteiger partial charge >= 0.3 is 0 Å². The maximum Gasteiger partial charge on any atom is 0.123 e. The summed E-state index contributed by atoms with van der Waals surface area (Å²) in [5.41, 5.74) is 0.774. The molecule has 0 amide bonds. The van der Waals surface area contributed by atoms with Crippen molar-refractivity contribution in [1.82, 2.24) is 5.32 Å². The topological polar surface area (TPSA) is 32.3 Å². The van der Waals surface area contributed by atoms with E-state index in [4.69, 9.17) is 0 Å². The normalized spacial score (nSPS) is 32.1. The zero-order chi connectivity index (χ0) is 17.4. The summed E-state index contributed by atoms with van der Waals surface area (Å²) in [5.74, 6) is -0.589. The van der Waals surface area contributed by atoms with E-state index in [1.54, 1.807) is 13.0 Å². The van der Waals surface area contributed by atoms with Crippen LogP contribution < -0.4 is 5.32 Å². The molecule has 132 valence electrons. The summed E-state index contributed by atoms with van der Waals surface area (Å²) >= 11 is 0. The van der Waals surface area contributed by atoms with Crippen molar-refractivity contribution in [2.45, 2.75) is 69.6 Å². The first-order valence-corrected chi connectivity index (χ1v) is 8.96. The van der Waals surface area contributed by atoms with Crippen LogP contribution in [0.2, 0.25) is 0 Å². The fourth-order valence-corrected chi connectivity index (χ4v) is 4.53. The maximum atomic E-state index is 13.6. The monoisotopic (exact) mass is 335 g/mol. The minimum atomic E-state index is -0.590. The predicted molar refractivity (Wildman–Crippen MR) is 91.8 cm³/mol. The lowest BCUT2D eigenvalue weighted by Crippen LogP contribution is -2.52. The van der Waals surface area contributed by atoms with E-state index in [0.29, 0.717) is 6.42 Å². The standard InChI is InChI=1S/C20H27F2NO/c1-3-16(21)12-14(2)18(24)20-10-8-19(23-20,9-11-20)13-15-4-6-17(22)7-5-15/h4-7,12,14,18,23-24H,3,8-11,13H2,1-2H3/b16-12+. The molecule has 4 heteroatoms. The van der Waals surface area contributed by atoms with Gasteiger partial charge in [-0.2, -0.15) is 0 Å². The number of rotatable bonds is 6. The van der Waals surface area contributed by atoms with Crippen LogP contribution >= 0.6 is 0 Å². The molecule has 2 saturated heterocycles. The molecule has 2 nitrogen and oxygen atoms in total. The third-order valence-corrected chi connectivity index (χ3v) is 5.91. The number of aliphatic hydroxyl groups excluding tert-OH is 1. The largest absolute Gasteiger partial charge is 0.391 e.